The van der Waals surface area contributed by atoms with Crippen molar-refractivity contribution in [2.24, 2.45) is 0 Å². The molecule has 0 saturated carbocycles. The number of aryl methyl sites for hydroxylation is 3. The van der Waals surface area contributed by atoms with Crippen LogP contribution in [0, 0.1) is 20.8 Å². The Balaban J connectivity index is 2.06. The molecule has 0 unspecified atom stereocenters. The molecule has 0 aliphatic carbocycles. The van der Waals surface area contributed by atoms with E-state index in [4.69, 9.17) is 9.47 Å². The van der Waals surface area contributed by atoms with E-state index in [1.54, 1.807) is 11.8 Å². The lowest BCUT2D eigenvalue weighted by atomic mass is 10.1. The van der Waals surface area contributed by atoms with Crippen LogP contribution in [0.1, 0.15) is 35.6 Å². The van der Waals surface area contributed by atoms with Crippen molar-refractivity contribution in [1.29, 1.82) is 0 Å². The third-order valence-electron chi connectivity index (χ3n) is 4.49. The molecule has 5 heteroatoms. The summed E-state index contributed by atoms with van der Waals surface area (Å²) in [5.41, 5.74) is 4.15. The Morgan fingerprint density at radius 3 is 2.21 bits per heavy atom. The Labute approximate surface area is 167 Å². The van der Waals surface area contributed by atoms with E-state index in [1.807, 2.05) is 63.2 Å². The summed E-state index contributed by atoms with van der Waals surface area (Å²) in [7, 11) is 0. The second kappa shape index (κ2) is 10.5. The maximum Gasteiger partial charge on any atom is 0.307 e. The highest BCUT2D eigenvalue weighted by atomic mass is 16.5. The van der Waals surface area contributed by atoms with Gasteiger partial charge in [0, 0.05) is 13.1 Å². The minimum absolute atomic E-state index is 0.0691. The summed E-state index contributed by atoms with van der Waals surface area (Å²) >= 11 is 0. The number of nitrogens with zero attached hydrogens (tertiary/aromatic N) is 1. The quantitative estimate of drug-likeness (QED) is 0.615. The molecule has 0 atom stereocenters. The minimum atomic E-state index is -0.306. The summed E-state index contributed by atoms with van der Waals surface area (Å²) in [5.74, 6) is 0.268. The zero-order valence-corrected chi connectivity index (χ0v) is 17.2. The van der Waals surface area contributed by atoms with Gasteiger partial charge >= 0.3 is 5.97 Å². The van der Waals surface area contributed by atoms with Gasteiger partial charge in [-0.2, -0.15) is 0 Å². The number of para-hydroxylation sites is 1. The topological polar surface area (TPSA) is 55.8 Å². The van der Waals surface area contributed by atoms with E-state index < -0.39 is 0 Å². The van der Waals surface area contributed by atoms with Gasteiger partial charge in [-0.1, -0.05) is 48.0 Å². The molecule has 0 saturated heterocycles. The Hall–Kier alpha value is -2.82. The largest absolute Gasteiger partial charge is 0.483 e. The summed E-state index contributed by atoms with van der Waals surface area (Å²) < 4.78 is 10.8. The van der Waals surface area contributed by atoms with Gasteiger partial charge in [-0.05, 0) is 44.4 Å². The maximum atomic E-state index is 12.8. The van der Waals surface area contributed by atoms with Crippen LogP contribution < -0.4 is 4.74 Å². The van der Waals surface area contributed by atoms with E-state index in [0.717, 1.165) is 28.0 Å². The van der Waals surface area contributed by atoms with Crippen LogP contribution in [-0.2, 0) is 20.9 Å². The van der Waals surface area contributed by atoms with Crippen molar-refractivity contribution < 1.29 is 19.1 Å². The molecular formula is C23H29NO4. The maximum absolute atomic E-state index is 12.8. The monoisotopic (exact) mass is 383 g/mol. The van der Waals surface area contributed by atoms with E-state index in [1.165, 1.54) is 0 Å². The average Bonchev–Trinajstić information content (AvgIpc) is 2.66. The fraction of sp³-hybridized carbons (Fsp3) is 0.391. The molecule has 5 nitrogen and oxygen atoms in total. The number of benzene rings is 2. The van der Waals surface area contributed by atoms with Gasteiger partial charge in [-0.15, -0.1) is 0 Å². The van der Waals surface area contributed by atoms with E-state index in [-0.39, 0.29) is 24.9 Å². The second-order valence-electron chi connectivity index (χ2n) is 6.87. The summed E-state index contributed by atoms with van der Waals surface area (Å²) in [6.07, 6.45) is 0.162. The van der Waals surface area contributed by atoms with Crippen LogP contribution >= 0.6 is 0 Å². The molecule has 0 aromatic heterocycles. The average molecular weight is 383 g/mol. The van der Waals surface area contributed by atoms with Crippen molar-refractivity contribution in [3.63, 3.8) is 0 Å². The molecule has 2 rings (SSSR count). The first-order valence-electron chi connectivity index (χ1n) is 9.58. The lowest BCUT2D eigenvalue weighted by molar-refractivity contribution is -0.144. The zero-order valence-electron chi connectivity index (χ0n) is 17.2. The smallest absolute Gasteiger partial charge is 0.307 e. The van der Waals surface area contributed by atoms with Gasteiger partial charge in [0.2, 0.25) is 0 Å². The molecule has 150 valence electrons. The third-order valence-corrected chi connectivity index (χ3v) is 4.49. The molecule has 2 aromatic rings. The number of hydrogen-bond donors (Lipinski definition) is 0. The molecule has 28 heavy (non-hydrogen) atoms. The van der Waals surface area contributed by atoms with Crippen LogP contribution in [0.25, 0.3) is 0 Å². The van der Waals surface area contributed by atoms with Crippen molar-refractivity contribution in [3.8, 4) is 5.75 Å². The van der Waals surface area contributed by atoms with E-state index in [2.05, 4.69) is 0 Å². The van der Waals surface area contributed by atoms with Crippen LogP contribution in [0.3, 0.4) is 0 Å². The molecule has 0 radical (unpaired) electrons. The summed E-state index contributed by atoms with van der Waals surface area (Å²) in [6.45, 7) is 8.68. The zero-order chi connectivity index (χ0) is 20.5. The van der Waals surface area contributed by atoms with E-state index in [9.17, 15) is 9.59 Å². The molecule has 0 bridgehead atoms. The summed E-state index contributed by atoms with van der Waals surface area (Å²) in [4.78, 5) is 26.2. The molecule has 0 heterocycles. The van der Waals surface area contributed by atoms with Gasteiger partial charge in [0.15, 0.2) is 6.61 Å². The first-order chi connectivity index (χ1) is 13.4. The van der Waals surface area contributed by atoms with Gasteiger partial charge in [-0.3, -0.25) is 9.59 Å². The highest BCUT2D eigenvalue weighted by Gasteiger charge is 2.17. The molecule has 0 aliphatic rings. The van der Waals surface area contributed by atoms with Crippen LogP contribution in [0.5, 0.6) is 5.75 Å². The first kappa shape index (κ1) is 21.5. The second-order valence-corrected chi connectivity index (χ2v) is 6.87. The van der Waals surface area contributed by atoms with Gasteiger partial charge in [-0.25, -0.2) is 0 Å². The van der Waals surface area contributed by atoms with Crippen molar-refractivity contribution in [3.05, 3.63) is 64.7 Å². The fourth-order valence-corrected chi connectivity index (χ4v) is 2.92. The Morgan fingerprint density at radius 1 is 0.964 bits per heavy atom. The molecule has 0 N–H and O–H groups in total. The SMILES string of the molecule is CCOC(=O)CCN(Cc1ccc(C)cc1)C(=O)COc1c(C)cccc1C. The van der Waals surface area contributed by atoms with Crippen molar-refractivity contribution in [1.82, 2.24) is 4.90 Å². The van der Waals surface area contributed by atoms with Gasteiger partial charge < -0.3 is 14.4 Å². The minimum Gasteiger partial charge on any atom is -0.483 e. The predicted octanol–water partition coefficient (Wildman–Crippen LogP) is 3.97. The van der Waals surface area contributed by atoms with Crippen LogP contribution in [0.15, 0.2) is 42.5 Å². The van der Waals surface area contributed by atoms with Gasteiger partial charge in [0.1, 0.15) is 5.75 Å². The Kier molecular flexibility index (Phi) is 8.05. The highest BCUT2D eigenvalue weighted by molar-refractivity contribution is 5.78. The molecule has 0 fully saturated rings. The first-order valence-corrected chi connectivity index (χ1v) is 9.58. The van der Waals surface area contributed by atoms with Crippen molar-refractivity contribution in [2.45, 2.75) is 40.7 Å². The molecule has 0 spiro atoms. The molecule has 1 amide bonds. The summed E-state index contributed by atoms with van der Waals surface area (Å²) in [6, 6.07) is 13.9. The third kappa shape index (κ3) is 6.41. The standard InChI is InChI=1S/C23H29NO4/c1-5-27-22(26)13-14-24(15-20-11-9-17(2)10-12-20)21(25)16-28-23-18(3)7-6-8-19(23)4/h6-12H,5,13-16H2,1-4H3. The molecule has 2 aromatic carbocycles. The number of ether oxygens (including phenoxy) is 2. The van der Waals surface area contributed by atoms with E-state index >= 15 is 0 Å². The number of hydrogen-bond acceptors (Lipinski definition) is 4. The number of carbonyl (C=O) groups excluding carboxylic acids is 2. The lowest BCUT2D eigenvalue weighted by Gasteiger charge is -2.23. The molecular weight excluding hydrogens is 354 g/mol. The number of amides is 1. The van der Waals surface area contributed by atoms with E-state index in [0.29, 0.717) is 19.7 Å². The summed E-state index contributed by atoms with van der Waals surface area (Å²) in [5, 5.41) is 0. The number of carbonyl (C=O) groups is 2. The number of rotatable bonds is 9. The van der Waals surface area contributed by atoms with Crippen LogP contribution in [0.4, 0.5) is 0 Å². The predicted molar refractivity (Wildman–Crippen MR) is 109 cm³/mol. The normalized spacial score (nSPS) is 10.4. The molecule has 0 aliphatic heterocycles. The lowest BCUT2D eigenvalue weighted by Crippen LogP contribution is -2.36. The van der Waals surface area contributed by atoms with Gasteiger partial charge in [0.05, 0.1) is 13.0 Å². The van der Waals surface area contributed by atoms with Gasteiger partial charge in [0.25, 0.3) is 5.91 Å². The van der Waals surface area contributed by atoms with Crippen LogP contribution in [0.2, 0.25) is 0 Å². The highest BCUT2D eigenvalue weighted by Crippen LogP contribution is 2.22. The number of esters is 1. The van der Waals surface area contributed by atoms with Crippen molar-refractivity contribution >= 4 is 11.9 Å². The van der Waals surface area contributed by atoms with Crippen LogP contribution in [-0.4, -0.2) is 36.5 Å². The Bertz CT molecular complexity index is 778. The van der Waals surface area contributed by atoms with Crippen molar-refractivity contribution in [2.75, 3.05) is 19.8 Å². The fourth-order valence-electron chi connectivity index (χ4n) is 2.92. The Morgan fingerprint density at radius 2 is 1.61 bits per heavy atom.